The predicted molar refractivity (Wildman–Crippen MR) is 72.2 cm³/mol. The second kappa shape index (κ2) is 4.35. The quantitative estimate of drug-likeness (QED) is 0.883. The normalized spacial score (nSPS) is 19.2. The van der Waals surface area contributed by atoms with Gasteiger partial charge in [0, 0.05) is 12.7 Å². The van der Waals surface area contributed by atoms with Crippen LogP contribution in [0, 0.1) is 0 Å². The van der Waals surface area contributed by atoms with Gasteiger partial charge in [0.05, 0.1) is 5.54 Å². The highest BCUT2D eigenvalue weighted by Crippen LogP contribution is 2.35. The van der Waals surface area contributed by atoms with E-state index in [1.807, 2.05) is 18.3 Å². The topological polar surface area (TPSA) is 56.7 Å². The summed E-state index contributed by atoms with van der Waals surface area (Å²) in [5, 5.41) is 0. The lowest BCUT2D eigenvalue weighted by Crippen LogP contribution is -2.41. The molecule has 2 aromatic rings. The van der Waals surface area contributed by atoms with Crippen LogP contribution in [0.25, 0.3) is 11.2 Å². The van der Waals surface area contributed by atoms with Gasteiger partial charge in [0.25, 0.3) is 0 Å². The Morgan fingerprint density at radius 2 is 2.11 bits per heavy atom. The molecule has 0 unspecified atom stereocenters. The van der Waals surface area contributed by atoms with E-state index in [9.17, 15) is 0 Å². The molecule has 2 N–H and O–H groups in total. The van der Waals surface area contributed by atoms with Crippen LogP contribution in [0.5, 0.6) is 0 Å². The third-order valence-electron chi connectivity index (χ3n) is 4.01. The first-order valence-electron chi connectivity index (χ1n) is 6.85. The summed E-state index contributed by atoms with van der Waals surface area (Å²) < 4.78 is 2.18. The molecule has 0 saturated heterocycles. The van der Waals surface area contributed by atoms with Gasteiger partial charge < -0.3 is 10.3 Å². The van der Waals surface area contributed by atoms with Gasteiger partial charge >= 0.3 is 0 Å². The number of aromatic nitrogens is 3. The van der Waals surface area contributed by atoms with E-state index in [1.54, 1.807) is 0 Å². The van der Waals surface area contributed by atoms with Gasteiger partial charge in [-0.25, -0.2) is 9.97 Å². The number of pyridine rings is 1. The molecule has 0 radical (unpaired) electrons. The SMILES string of the molecule is CCn1c(C2(N)CCCCC2)nc2cccnc21. The Kier molecular flexibility index (Phi) is 2.82. The standard InChI is InChI=1S/C14H20N4/c1-2-18-12-11(7-6-10-16-12)17-13(18)14(15)8-4-3-5-9-14/h6-7,10H,2-5,8-9,15H2,1H3. The number of nitrogens with zero attached hydrogens (tertiary/aromatic N) is 3. The van der Waals surface area contributed by atoms with Crippen LogP contribution in [0.4, 0.5) is 0 Å². The molecule has 4 heteroatoms. The molecular formula is C14H20N4. The summed E-state index contributed by atoms with van der Waals surface area (Å²) in [5.74, 6) is 1.03. The van der Waals surface area contributed by atoms with E-state index in [2.05, 4.69) is 16.5 Å². The minimum Gasteiger partial charge on any atom is -0.319 e. The Bertz CT molecular complexity index is 552. The third kappa shape index (κ3) is 1.72. The monoisotopic (exact) mass is 244 g/mol. The highest BCUT2D eigenvalue weighted by atomic mass is 15.2. The molecule has 3 rings (SSSR count). The van der Waals surface area contributed by atoms with Crippen LogP contribution in [0.15, 0.2) is 18.3 Å². The van der Waals surface area contributed by atoms with E-state index >= 15 is 0 Å². The minimum atomic E-state index is -0.255. The Hall–Kier alpha value is -1.42. The van der Waals surface area contributed by atoms with Crippen molar-refractivity contribution in [2.75, 3.05) is 0 Å². The molecule has 4 nitrogen and oxygen atoms in total. The van der Waals surface area contributed by atoms with E-state index in [4.69, 9.17) is 10.7 Å². The van der Waals surface area contributed by atoms with E-state index in [0.29, 0.717) is 0 Å². The number of hydrogen-bond donors (Lipinski definition) is 1. The van der Waals surface area contributed by atoms with Gasteiger partial charge in [0.15, 0.2) is 5.65 Å². The maximum Gasteiger partial charge on any atom is 0.160 e. The number of aryl methyl sites for hydroxylation is 1. The minimum absolute atomic E-state index is 0.255. The fraction of sp³-hybridized carbons (Fsp3) is 0.571. The van der Waals surface area contributed by atoms with Crippen molar-refractivity contribution in [2.45, 2.75) is 51.1 Å². The lowest BCUT2D eigenvalue weighted by molar-refractivity contribution is 0.279. The molecule has 1 fully saturated rings. The largest absolute Gasteiger partial charge is 0.319 e. The average Bonchev–Trinajstić information content (AvgIpc) is 2.79. The predicted octanol–water partition coefficient (Wildman–Crippen LogP) is 2.57. The summed E-state index contributed by atoms with van der Waals surface area (Å²) in [7, 11) is 0. The van der Waals surface area contributed by atoms with Crippen LogP contribution < -0.4 is 5.73 Å². The van der Waals surface area contributed by atoms with Gasteiger partial charge in [-0.05, 0) is 31.9 Å². The smallest absolute Gasteiger partial charge is 0.160 e. The lowest BCUT2D eigenvalue weighted by Gasteiger charge is -2.32. The Morgan fingerprint density at radius 1 is 1.33 bits per heavy atom. The summed E-state index contributed by atoms with van der Waals surface area (Å²) in [6.07, 6.45) is 7.61. The van der Waals surface area contributed by atoms with Crippen molar-refractivity contribution in [2.24, 2.45) is 5.73 Å². The molecule has 1 aliphatic carbocycles. The zero-order chi connectivity index (χ0) is 12.6. The average molecular weight is 244 g/mol. The second-order valence-corrected chi connectivity index (χ2v) is 5.24. The van der Waals surface area contributed by atoms with Crippen LogP contribution in [0.3, 0.4) is 0 Å². The summed E-state index contributed by atoms with van der Waals surface area (Å²) in [6, 6.07) is 3.95. The van der Waals surface area contributed by atoms with Crippen LogP contribution in [0.1, 0.15) is 44.9 Å². The number of imidazole rings is 1. The fourth-order valence-corrected chi connectivity index (χ4v) is 3.04. The van der Waals surface area contributed by atoms with Gasteiger partial charge in [-0.15, -0.1) is 0 Å². The van der Waals surface area contributed by atoms with Gasteiger partial charge in [-0.1, -0.05) is 19.3 Å². The zero-order valence-electron chi connectivity index (χ0n) is 10.9. The highest BCUT2D eigenvalue weighted by molar-refractivity contribution is 5.71. The Labute approximate surface area is 107 Å². The molecule has 0 bridgehead atoms. The highest BCUT2D eigenvalue weighted by Gasteiger charge is 2.34. The van der Waals surface area contributed by atoms with Gasteiger partial charge in [0.1, 0.15) is 11.3 Å². The molecule has 0 aliphatic heterocycles. The molecule has 0 aromatic carbocycles. The molecule has 1 saturated carbocycles. The molecular weight excluding hydrogens is 224 g/mol. The molecule has 2 heterocycles. The maximum absolute atomic E-state index is 6.61. The molecule has 0 spiro atoms. The van der Waals surface area contributed by atoms with E-state index in [1.165, 1.54) is 19.3 Å². The molecule has 2 aromatic heterocycles. The molecule has 0 atom stereocenters. The van der Waals surface area contributed by atoms with Crippen LogP contribution in [-0.4, -0.2) is 14.5 Å². The van der Waals surface area contributed by atoms with Crippen LogP contribution in [0.2, 0.25) is 0 Å². The fourth-order valence-electron chi connectivity index (χ4n) is 3.04. The Balaban J connectivity index is 2.15. The van der Waals surface area contributed by atoms with Gasteiger partial charge in [-0.2, -0.15) is 0 Å². The maximum atomic E-state index is 6.61. The summed E-state index contributed by atoms with van der Waals surface area (Å²) >= 11 is 0. The van der Waals surface area contributed by atoms with Crippen molar-refractivity contribution in [3.8, 4) is 0 Å². The van der Waals surface area contributed by atoms with Crippen molar-refractivity contribution in [3.63, 3.8) is 0 Å². The van der Waals surface area contributed by atoms with E-state index in [-0.39, 0.29) is 5.54 Å². The molecule has 1 aliphatic rings. The first kappa shape index (κ1) is 11.7. The summed E-state index contributed by atoms with van der Waals surface area (Å²) in [6.45, 7) is 3.01. The molecule has 96 valence electrons. The number of hydrogen-bond acceptors (Lipinski definition) is 3. The zero-order valence-corrected chi connectivity index (χ0v) is 10.9. The number of fused-ring (bicyclic) bond motifs is 1. The third-order valence-corrected chi connectivity index (χ3v) is 4.01. The van der Waals surface area contributed by atoms with Crippen molar-refractivity contribution >= 4 is 11.2 Å². The van der Waals surface area contributed by atoms with Crippen molar-refractivity contribution in [3.05, 3.63) is 24.2 Å². The number of rotatable bonds is 2. The summed E-state index contributed by atoms with van der Waals surface area (Å²) in [4.78, 5) is 9.20. The van der Waals surface area contributed by atoms with Crippen LogP contribution in [-0.2, 0) is 12.1 Å². The van der Waals surface area contributed by atoms with Crippen molar-refractivity contribution in [1.29, 1.82) is 0 Å². The first-order chi connectivity index (χ1) is 8.74. The number of nitrogens with two attached hydrogens (primary N) is 1. The Morgan fingerprint density at radius 3 is 2.83 bits per heavy atom. The van der Waals surface area contributed by atoms with E-state index < -0.39 is 0 Å². The second-order valence-electron chi connectivity index (χ2n) is 5.24. The van der Waals surface area contributed by atoms with Crippen molar-refractivity contribution < 1.29 is 0 Å². The molecule has 18 heavy (non-hydrogen) atoms. The molecule has 0 amide bonds. The lowest BCUT2D eigenvalue weighted by atomic mass is 9.82. The van der Waals surface area contributed by atoms with Gasteiger partial charge in [0.2, 0.25) is 0 Å². The van der Waals surface area contributed by atoms with Crippen LogP contribution >= 0.6 is 0 Å². The van der Waals surface area contributed by atoms with E-state index in [0.717, 1.165) is 36.4 Å². The van der Waals surface area contributed by atoms with Crippen molar-refractivity contribution in [1.82, 2.24) is 14.5 Å². The summed E-state index contributed by atoms with van der Waals surface area (Å²) in [5.41, 5.74) is 8.28. The first-order valence-corrected chi connectivity index (χ1v) is 6.85. The van der Waals surface area contributed by atoms with Gasteiger partial charge in [-0.3, -0.25) is 0 Å².